The summed E-state index contributed by atoms with van der Waals surface area (Å²) in [5.74, 6) is 0.640. The van der Waals surface area contributed by atoms with Crippen molar-refractivity contribution in [3.8, 4) is 5.75 Å². The number of hydrogen-bond donors (Lipinski definition) is 1. The maximum Gasteiger partial charge on any atom is 0.142 e. The average Bonchev–Trinajstić information content (AvgIpc) is 2.19. The predicted octanol–water partition coefficient (Wildman–Crippen LogP) is 3.34. The first-order chi connectivity index (χ1) is 6.63. The van der Waals surface area contributed by atoms with Crippen LogP contribution in [-0.4, -0.2) is 12.4 Å². The quantitative estimate of drug-likeness (QED) is 0.619. The van der Waals surface area contributed by atoms with Crippen LogP contribution in [0.5, 0.6) is 5.75 Å². The number of hydrogen-bond acceptors (Lipinski definition) is 2. The Hall–Kier alpha value is -0.670. The van der Waals surface area contributed by atoms with Gasteiger partial charge in [0.25, 0.3) is 0 Å². The molecule has 1 aromatic rings. The van der Waals surface area contributed by atoms with E-state index in [1.54, 1.807) is 0 Å². The highest BCUT2D eigenvalue weighted by Crippen LogP contribution is 2.21. The number of rotatable bonds is 4. The summed E-state index contributed by atoms with van der Waals surface area (Å²) in [7, 11) is 0. The lowest BCUT2D eigenvalue weighted by Crippen LogP contribution is -2.01. The van der Waals surface area contributed by atoms with Crippen LogP contribution in [0.4, 0.5) is 4.39 Å². The molecule has 0 aliphatic carbocycles. The van der Waals surface area contributed by atoms with E-state index < -0.39 is 5.82 Å². The monoisotopic (exact) mass is 232 g/mol. The summed E-state index contributed by atoms with van der Waals surface area (Å²) >= 11 is 9.60. The Morgan fingerprint density at radius 3 is 2.86 bits per heavy atom. The van der Waals surface area contributed by atoms with E-state index in [0.717, 1.165) is 5.57 Å². The van der Waals surface area contributed by atoms with Gasteiger partial charge in [-0.3, -0.25) is 0 Å². The van der Waals surface area contributed by atoms with Crippen LogP contribution in [0.25, 0.3) is 0 Å². The molecule has 0 saturated carbocycles. The van der Waals surface area contributed by atoms with Crippen molar-refractivity contribution < 1.29 is 9.13 Å². The summed E-state index contributed by atoms with van der Waals surface area (Å²) in [5.41, 5.74) is 0.855. The minimum Gasteiger partial charge on any atom is -0.489 e. The Bertz CT molecular complexity index is 341. The maximum atomic E-state index is 12.7. The van der Waals surface area contributed by atoms with Gasteiger partial charge in [0.15, 0.2) is 0 Å². The van der Waals surface area contributed by atoms with Gasteiger partial charge < -0.3 is 4.74 Å². The predicted molar refractivity (Wildman–Crippen MR) is 59.9 cm³/mol. The molecule has 0 heterocycles. The van der Waals surface area contributed by atoms with Gasteiger partial charge in [-0.2, -0.15) is 12.6 Å². The summed E-state index contributed by atoms with van der Waals surface area (Å²) in [6.45, 7) is 4.09. The summed E-state index contributed by atoms with van der Waals surface area (Å²) in [5, 5.41) is 0.0546. The highest BCUT2D eigenvalue weighted by atomic mass is 35.5. The molecular weight excluding hydrogens is 223 g/mol. The molecule has 1 nitrogen and oxygen atoms in total. The first-order valence-corrected chi connectivity index (χ1v) is 5.00. The molecule has 1 rings (SSSR count). The van der Waals surface area contributed by atoms with Gasteiger partial charge in [-0.1, -0.05) is 18.2 Å². The summed E-state index contributed by atoms with van der Waals surface area (Å²) in [4.78, 5) is 0. The van der Waals surface area contributed by atoms with E-state index in [2.05, 4.69) is 19.2 Å². The third-order valence-electron chi connectivity index (χ3n) is 1.56. The highest BCUT2D eigenvalue weighted by Gasteiger charge is 2.01. The summed E-state index contributed by atoms with van der Waals surface area (Å²) in [6.07, 6.45) is 0. The molecule has 0 aliphatic heterocycles. The first-order valence-electron chi connectivity index (χ1n) is 3.99. The molecule has 0 radical (unpaired) electrons. The molecule has 14 heavy (non-hydrogen) atoms. The van der Waals surface area contributed by atoms with E-state index >= 15 is 0 Å². The van der Waals surface area contributed by atoms with Crippen LogP contribution in [0.1, 0.15) is 0 Å². The second-order valence-electron chi connectivity index (χ2n) is 2.77. The molecule has 4 heteroatoms. The molecule has 0 N–H and O–H groups in total. The van der Waals surface area contributed by atoms with E-state index in [1.165, 1.54) is 18.2 Å². The lowest BCUT2D eigenvalue weighted by Gasteiger charge is -2.07. The van der Waals surface area contributed by atoms with Gasteiger partial charge in [-0.25, -0.2) is 4.39 Å². The Morgan fingerprint density at radius 2 is 2.29 bits per heavy atom. The standard InChI is InChI=1S/C10H10ClFOS/c1-7(6-14)5-13-8-2-3-10(12)9(11)4-8/h2-4,14H,1,5-6H2. The average molecular weight is 233 g/mol. The van der Waals surface area contributed by atoms with Gasteiger partial charge in [0.05, 0.1) is 5.02 Å². The molecule has 0 spiro atoms. The molecule has 0 bridgehead atoms. The molecule has 76 valence electrons. The second kappa shape index (κ2) is 5.27. The van der Waals surface area contributed by atoms with Crippen LogP contribution in [0.3, 0.4) is 0 Å². The van der Waals surface area contributed by atoms with Crippen molar-refractivity contribution in [2.45, 2.75) is 0 Å². The third kappa shape index (κ3) is 3.24. The second-order valence-corrected chi connectivity index (χ2v) is 3.50. The normalized spacial score (nSPS) is 9.93. The zero-order valence-electron chi connectivity index (χ0n) is 7.46. The highest BCUT2D eigenvalue weighted by molar-refractivity contribution is 7.80. The van der Waals surface area contributed by atoms with Gasteiger partial charge in [-0.05, 0) is 17.7 Å². The molecular formula is C10H10ClFOS. The van der Waals surface area contributed by atoms with Crippen molar-refractivity contribution in [3.05, 3.63) is 41.2 Å². The molecule has 0 saturated heterocycles. The van der Waals surface area contributed by atoms with E-state index in [-0.39, 0.29) is 5.02 Å². The maximum absolute atomic E-state index is 12.7. The third-order valence-corrected chi connectivity index (χ3v) is 2.29. The van der Waals surface area contributed by atoms with Crippen molar-refractivity contribution >= 4 is 24.2 Å². The molecule has 0 aromatic heterocycles. The van der Waals surface area contributed by atoms with E-state index in [1.807, 2.05) is 0 Å². The summed E-state index contributed by atoms with van der Waals surface area (Å²) < 4.78 is 18.0. The molecule has 0 aliphatic rings. The molecule has 0 atom stereocenters. The van der Waals surface area contributed by atoms with Crippen molar-refractivity contribution in [1.29, 1.82) is 0 Å². The number of halogens is 2. The van der Waals surface area contributed by atoms with Crippen LogP contribution >= 0.6 is 24.2 Å². The number of benzene rings is 1. The van der Waals surface area contributed by atoms with Crippen molar-refractivity contribution in [2.24, 2.45) is 0 Å². The van der Waals surface area contributed by atoms with E-state index in [4.69, 9.17) is 16.3 Å². The van der Waals surface area contributed by atoms with Gasteiger partial charge >= 0.3 is 0 Å². The Balaban J connectivity index is 2.60. The largest absolute Gasteiger partial charge is 0.489 e. The Kier molecular flexibility index (Phi) is 4.29. The Morgan fingerprint density at radius 1 is 1.57 bits per heavy atom. The van der Waals surface area contributed by atoms with Crippen molar-refractivity contribution in [1.82, 2.24) is 0 Å². The van der Waals surface area contributed by atoms with Crippen LogP contribution in [0.2, 0.25) is 5.02 Å². The molecule has 0 fully saturated rings. The topological polar surface area (TPSA) is 9.23 Å². The van der Waals surface area contributed by atoms with E-state index in [9.17, 15) is 4.39 Å². The molecule has 0 unspecified atom stereocenters. The van der Waals surface area contributed by atoms with Gasteiger partial charge in [0.1, 0.15) is 18.2 Å². The lowest BCUT2D eigenvalue weighted by atomic mass is 10.3. The minimum absolute atomic E-state index is 0.0546. The first kappa shape index (κ1) is 11.4. The van der Waals surface area contributed by atoms with Gasteiger partial charge in [0.2, 0.25) is 0 Å². The zero-order valence-corrected chi connectivity index (χ0v) is 9.12. The lowest BCUT2D eigenvalue weighted by molar-refractivity contribution is 0.352. The fourth-order valence-electron chi connectivity index (χ4n) is 0.798. The SMILES string of the molecule is C=C(CS)COc1ccc(F)c(Cl)c1. The Labute approximate surface area is 92.9 Å². The van der Waals surface area contributed by atoms with Crippen LogP contribution in [0, 0.1) is 5.82 Å². The van der Waals surface area contributed by atoms with Crippen molar-refractivity contribution in [3.63, 3.8) is 0 Å². The number of ether oxygens (including phenoxy) is 1. The fraction of sp³-hybridized carbons (Fsp3) is 0.200. The fourth-order valence-corrected chi connectivity index (χ4v) is 1.06. The smallest absolute Gasteiger partial charge is 0.142 e. The van der Waals surface area contributed by atoms with Crippen LogP contribution in [0.15, 0.2) is 30.4 Å². The van der Waals surface area contributed by atoms with Crippen LogP contribution in [-0.2, 0) is 0 Å². The minimum atomic E-state index is -0.452. The van der Waals surface area contributed by atoms with Gasteiger partial charge in [-0.15, -0.1) is 0 Å². The number of thiol groups is 1. The molecule has 1 aromatic carbocycles. The molecule has 0 amide bonds. The summed E-state index contributed by atoms with van der Waals surface area (Å²) in [6, 6.07) is 4.22. The van der Waals surface area contributed by atoms with E-state index in [0.29, 0.717) is 18.1 Å². The van der Waals surface area contributed by atoms with Gasteiger partial charge in [0, 0.05) is 11.8 Å². The van der Waals surface area contributed by atoms with Crippen LogP contribution < -0.4 is 4.74 Å². The zero-order chi connectivity index (χ0) is 10.6. The van der Waals surface area contributed by atoms with Crippen molar-refractivity contribution in [2.75, 3.05) is 12.4 Å².